The average molecular weight is 492 g/mol. The molecule has 2 aliphatic heterocycles. The van der Waals surface area contributed by atoms with Crippen LogP contribution in [0, 0.1) is 17.8 Å². The molecular formula is C27H41NO7. The van der Waals surface area contributed by atoms with Gasteiger partial charge in [0, 0.05) is 38.7 Å². The van der Waals surface area contributed by atoms with Crippen LogP contribution in [0.15, 0.2) is 23.8 Å². The Balaban J connectivity index is 2.09. The Morgan fingerprint density at radius 2 is 1.91 bits per heavy atom. The minimum Gasteiger partial charge on any atom is -0.457 e. The second-order valence-electron chi connectivity index (χ2n) is 9.94. The molecule has 2 heterocycles. The first-order valence-electron chi connectivity index (χ1n) is 12.7. The highest BCUT2D eigenvalue weighted by molar-refractivity contribution is 5.97. The van der Waals surface area contributed by atoms with Gasteiger partial charge in [-0.2, -0.15) is 0 Å². The third-order valence-corrected chi connectivity index (χ3v) is 6.93. The topological polar surface area (TPSA) is 119 Å². The number of aliphatic hydroxyl groups excluding tert-OH is 1. The number of nitrogens with one attached hydrogen (secondary N) is 1. The molecule has 35 heavy (non-hydrogen) atoms. The van der Waals surface area contributed by atoms with Gasteiger partial charge in [0.05, 0.1) is 12.0 Å². The summed E-state index contributed by atoms with van der Waals surface area (Å²) in [5.41, 5.74) is 0.719. The summed E-state index contributed by atoms with van der Waals surface area (Å²) in [5.74, 6) is -1.78. The molecule has 2 N–H and O–H groups in total. The number of carbonyl (C=O) groups excluding carboxylic acids is 4. The molecule has 2 aliphatic rings. The van der Waals surface area contributed by atoms with Gasteiger partial charge in [-0.3, -0.25) is 24.5 Å². The Morgan fingerprint density at radius 3 is 2.57 bits per heavy atom. The van der Waals surface area contributed by atoms with Crippen molar-refractivity contribution in [2.24, 2.45) is 17.8 Å². The van der Waals surface area contributed by atoms with Crippen LogP contribution in [-0.2, 0) is 28.7 Å². The van der Waals surface area contributed by atoms with Crippen molar-refractivity contribution in [1.29, 1.82) is 0 Å². The number of piperidine rings is 1. The molecule has 196 valence electrons. The number of methoxy groups -OCH3 is 1. The first-order chi connectivity index (χ1) is 16.6. The molecule has 0 saturated carbocycles. The zero-order chi connectivity index (χ0) is 26.0. The van der Waals surface area contributed by atoms with Crippen molar-refractivity contribution >= 4 is 23.6 Å². The Labute approximate surface area is 208 Å². The number of aliphatic hydroxyl groups is 1. The number of ether oxygens (including phenoxy) is 2. The Morgan fingerprint density at radius 1 is 1.23 bits per heavy atom. The lowest BCUT2D eigenvalue weighted by Crippen LogP contribution is -2.38. The minimum absolute atomic E-state index is 0.0332. The second-order valence-corrected chi connectivity index (χ2v) is 9.94. The van der Waals surface area contributed by atoms with E-state index < -0.39 is 24.2 Å². The lowest BCUT2D eigenvalue weighted by Gasteiger charge is -2.28. The molecule has 2 rings (SSSR count). The first-order valence-corrected chi connectivity index (χ1v) is 12.7. The van der Waals surface area contributed by atoms with Crippen molar-refractivity contribution in [2.45, 2.75) is 96.9 Å². The highest BCUT2D eigenvalue weighted by Crippen LogP contribution is 2.26. The van der Waals surface area contributed by atoms with Gasteiger partial charge in [-0.1, -0.05) is 32.1 Å². The monoisotopic (exact) mass is 491 g/mol. The average Bonchev–Trinajstić information content (AvgIpc) is 2.79. The fourth-order valence-electron chi connectivity index (χ4n) is 4.81. The van der Waals surface area contributed by atoms with E-state index in [0.717, 1.165) is 18.4 Å². The molecule has 0 bridgehead atoms. The second kappa shape index (κ2) is 14.3. The normalized spacial score (nSPS) is 30.9. The molecule has 5 atom stereocenters. The summed E-state index contributed by atoms with van der Waals surface area (Å²) in [6.45, 7) is 5.45. The molecule has 2 amide bonds. The lowest BCUT2D eigenvalue weighted by molar-refractivity contribution is -0.151. The number of ketones is 1. The van der Waals surface area contributed by atoms with Crippen LogP contribution >= 0.6 is 0 Å². The number of Topliss-reactive ketones (excluding diaryl/α,β-unsaturated/α-hetero) is 1. The number of rotatable bonds is 7. The van der Waals surface area contributed by atoms with E-state index in [1.54, 1.807) is 14.0 Å². The molecule has 1 fully saturated rings. The molecule has 8 heteroatoms. The van der Waals surface area contributed by atoms with Crippen molar-refractivity contribution in [1.82, 2.24) is 5.32 Å². The van der Waals surface area contributed by atoms with E-state index in [2.05, 4.69) is 5.32 Å². The van der Waals surface area contributed by atoms with Crippen LogP contribution in [0.4, 0.5) is 0 Å². The lowest BCUT2D eigenvalue weighted by atomic mass is 9.86. The molecule has 1 saturated heterocycles. The summed E-state index contributed by atoms with van der Waals surface area (Å²) in [5, 5.41) is 13.1. The van der Waals surface area contributed by atoms with Gasteiger partial charge in [-0.05, 0) is 50.5 Å². The number of imide groups is 1. The quantitative estimate of drug-likeness (QED) is 0.318. The van der Waals surface area contributed by atoms with Crippen LogP contribution in [0.2, 0.25) is 0 Å². The van der Waals surface area contributed by atoms with Crippen LogP contribution in [0.25, 0.3) is 0 Å². The number of carbonyl (C=O) groups is 4. The van der Waals surface area contributed by atoms with Crippen molar-refractivity contribution in [2.75, 3.05) is 7.11 Å². The summed E-state index contributed by atoms with van der Waals surface area (Å²) in [6, 6.07) is 0. The van der Waals surface area contributed by atoms with Gasteiger partial charge in [-0.25, -0.2) is 0 Å². The van der Waals surface area contributed by atoms with Crippen molar-refractivity contribution in [3.63, 3.8) is 0 Å². The molecule has 0 unspecified atom stereocenters. The van der Waals surface area contributed by atoms with Gasteiger partial charge in [0.15, 0.2) is 0 Å². The van der Waals surface area contributed by atoms with Crippen LogP contribution < -0.4 is 5.32 Å². The third-order valence-electron chi connectivity index (χ3n) is 6.93. The van der Waals surface area contributed by atoms with E-state index in [-0.39, 0.29) is 48.2 Å². The molecule has 0 aliphatic carbocycles. The Bertz CT molecular complexity index is 802. The molecule has 0 aromatic rings. The number of allylic oxidation sites excluding steroid dienone is 1. The van der Waals surface area contributed by atoms with Crippen LogP contribution in [0.1, 0.15) is 78.6 Å². The number of amides is 2. The fraction of sp³-hybridized carbons (Fsp3) is 0.704. The Kier molecular flexibility index (Phi) is 11.8. The maximum atomic E-state index is 13.0. The van der Waals surface area contributed by atoms with E-state index in [4.69, 9.17) is 9.47 Å². The maximum absolute atomic E-state index is 13.0. The Hall–Kier alpha value is -2.32. The van der Waals surface area contributed by atoms with Crippen LogP contribution in [0.3, 0.4) is 0 Å². The smallest absolute Gasteiger partial charge is 0.306 e. The molecule has 0 radical (unpaired) electrons. The largest absolute Gasteiger partial charge is 0.457 e. The standard InChI is InChI=1S/C27H41NO7/c1-17-14-18(2)27(35-25(32)13-8-6-5-7-12-22(34-4)26(17)33)19(3)21(29)11-9-10-20-15-23(30)28-24(31)16-20/h7,12,14,17,19-20,22,26-27,33H,5-6,8-11,13,15-16H2,1-4H3,(H,28,30,31)/b12-7+,18-14-/t17-,19-,22-,26+,27+/m0/s1. The van der Waals surface area contributed by atoms with Crippen molar-refractivity contribution in [3.05, 3.63) is 23.8 Å². The summed E-state index contributed by atoms with van der Waals surface area (Å²) in [6.07, 6.45) is 8.33. The van der Waals surface area contributed by atoms with E-state index in [1.807, 2.05) is 32.1 Å². The number of esters is 1. The minimum atomic E-state index is -0.785. The van der Waals surface area contributed by atoms with E-state index in [1.165, 1.54) is 0 Å². The number of cyclic esters (lactones) is 1. The summed E-state index contributed by atoms with van der Waals surface area (Å²) < 4.78 is 11.2. The van der Waals surface area contributed by atoms with Gasteiger partial charge < -0.3 is 14.6 Å². The third kappa shape index (κ3) is 9.33. The van der Waals surface area contributed by atoms with E-state index >= 15 is 0 Å². The predicted octanol–water partition coefficient (Wildman–Crippen LogP) is 3.42. The van der Waals surface area contributed by atoms with Gasteiger partial charge in [0.2, 0.25) is 11.8 Å². The molecule has 0 spiro atoms. The molecule has 0 aromatic heterocycles. The SMILES string of the molecule is CO[C@H]1/C=C/CCCCC(=O)O[C@@H]([C@@H](C)C(=O)CCCC2CC(=O)NC(=O)C2)/C(C)=C\[C@H](C)[C@H]1O. The van der Waals surface area contributed by atoms with E-state index in [9.17, 15) is 24.3 Å². The highest BCUT2D eigenvalue weighted by Gasteiger charge is 2.31. The maximum Gasteiger partial charge on any atom is 0.306 e. The van der Waals surface area contributed by atoms with E-state index in [0.29, 0.717) is 32.1 Å². The van der Waals surface area contributed by atoms with Crippen molar-refractivity contribution in [3.8, 4) is 0 Å². The van der Waals surface area contributed by atoms with Gasteiger partial charge in [0.1, 0.15) is 18.0 Å². The zero-order valence-corrected chi connectivity index (χ0v) is 21.5. The first kappa shape index (κ1) is 28.9. The number of hydrogen-bond acceptors (Lipinski definition) is 7. The summed E-state index contributed by atoms with van der Waals surface area (Å²) in [7, 11) is 1.56. The summed E-state index contributed by atoms with van der Waals surface area (Å²) in [4.78, 5) is 48.7. The zero-order valence-electron chi connectivity index (χ0n) is 21.5. The van der Waals surface area contributed by atoms with Crippen LogP contribution in [0.5, 0.6) is 0 Å². The van der Waals surface area contributed by atoms with Gasteiger partial charge >= 0.3 is 5.97 Å². The van der Waals surface area contributed by atoms with Crippen LogP contribution in [-0.4, -0.2) is 54.1 Å². The van der Waals surface area contributed by atoms with Gasteiger partial charge in [0.25, 0.3) is 0 Å². The molecular weight excluding hydrogens is 450 g/mol. The summed E-state index contributed by atoms with van der Waals surface area (Å²) >= 11 is 0. The van der Waals surface area contributed by atoms with Crippen molar-refractivity contribution < 1.29 is 33.8 Å². The molecule has 0 aromatic carbocycles. The fourth-order valence-corrected chi connectivity index (χ4v) is 4.81. The number of hydrogen-bond donors (Lipinski definition) is 2. The highest BCUT2D eigenvalue weighted by atomic mass is 16.5. The van der Waals surface area contributed by atoms with Gasteiger partial charge in [-0.15, -0.1) is 0 Å². The predicted molar refractivity (Wildman–Crippen MR) is 131 cm³/mol. The molecule has 8 nitrogen and oxygen atoms in total.